The lowest BCUT2D eigenvalue weighted by Crippen LogP contribution is -2.42. The first-order chi connectivity index (χ1) is 20.6. The second-order valence-electron chi connectivity index (χ2n) is 12.0. The van der Waals surface area contributed by atoms with Crippen molar-refractivity contribution in [3.63, 3.8) is 0 Å². The minimum atomic E-state index is -0.807. The third-order valence-corrected chi connectivity index (χ3v) is 8.81. The molecule has 1 spiro atoms. The van der Waals surface area contributed by atoms with Crippen LogP contribution in [0.2, 0.25) is 0 Å². The van der Waals surface area contributed by atoms with E-state index >= 15 is 0 Å². The van der Waals surface area contributed by atoms with E-state index in [4.69, 9.17) is 9.47 Å². The van der Waals surface area contributed by atoms with E-state index in [1.807, 2.05) is 63.4 Å². The van der Waals surface area contributed by atoms with Gasteiger partial charge in [-0.1, -0.05) is 50.2 Å². The van der Waals surface area contributed by atoms with Crippen LogP contribution in [-0.2, 0) is 31.3 Å². The number of carbonyl (C=O) groups excluding carboxylic acids is 3. The molecule has 0 fully saturated rings. The molecule has 0 aliphatic carbocycles. The lowest BCUT2D eigenvalue weighted by molar-refractivity contribution is -0.130. The Morgan fingerprint density at radius 1 is 0.977 bits per heavy atom. The number of thioether (sulfide) groups is 1. The number of Topliss-reactive ketones (excluding diaryl/α,β-unsaturated/α-hetero) is 1. The highest BCUT2D eigenvalue weighted by Crippen LogP contribution is 2.56. The Labute approximate surface area is 258 Å². The maximum atomic E-state index is 13.6. The molecule has 3 aromatic carbocycles. The van der Waals surface area contributed by atoms with E-state index in [1.54, 1.807) is 11.8 Å². The van der Waals surface area contributed by atoms with E-state index in [1.165, 1.54) is 6.92 Å². The predicted molar refractivity (Wildman–Crippen MR) is 171 cm³/mol. The van der Waals surface area contributed by atoms with Crippen molar-refractivity contribution in [3.8, 4) is 11.5 Å². The smallest absolute Gasteiger partial charge is 0.227 e. The Balaban J connectivity index is 1.43. The highest BCUT2D eigenvalue weighted by molar-refractivity contribution is 7.98. The largest absolute Gasteiger partial charge is 0.456 e. The van der Waals surface area contributed by atoms with Crippen LogP contribution in [0.5, 0.6) is 11.5 Å². The van der Waals surface area contributed by atoms with Crippen molar-refractivity contribution in [1.29, 1.82) is 0 Å². The minimum Gasteiger partial charge on any atom is -0.456 e. The van der Waals surface area contributed by atoms with Crippen LogP contribution < -0.4 is 15.4 Å². The number of rotatable bonds is 11. The summed E-state index contributed by atoms with van der Waals surface area (Å²) in [6, 6.07) is 19.5. The van der Waals surface area contributed by atoms with Gasteiger partial charge in [-0.05, 0) is 72.6 Å². The molecule has 2 amide bonds. The van der Waals surface area contributed by atoms with Gasteiger partial charge >= 0.3 is 0 Å². The normalized spacial score (nSPS) is 17.8. The molecule has 7 nitrogen and oxygen atoms in total. The van der Waals surface area contributed by atoms with Gasteiger partial charge in [0.1, 0.15) is 11.5 Å². The number of aryl methyl sites for hydroxylation is 1. The lowest BCUT2D eigenvalue weighted by atomic mass is 9.77. The molecule has 0 saturated carbocycles. The molecule has 8 heteroatoms. The highest BCUT2D eigenvalue weighted by atomic mass is 32.2. The molecule has 0 radical (unpaired) electrons. The average molecular weight is 601 g/mol. The van der Waals surface area contributed by atoms with Crippen LogP contribution in [0.4, 0.5) is 5.69 Å². The fourth-order valence-corrected chi connectivity index (χ4v) is 6.67. The van der Waals surface area contributed by atoms with Crippen molar-refractivity contribution in [1.82, 2.24) is 5.32 Å². The molecular formula is C35H40N2O5S. The van der Waals surface area contributed by atoms with Gasteiger partial charge in [0, 0.05) is 42.1 Å². The monoisotopic (exact) mass is 600 g/mol. The Kier molecular flexibility index (Phi) is 9.28. The summed E-state index contributed by atoms with van der Waals surface area (Å²) in [4.78, 5) is 38.7. The summed E-state index contributed by atoms with van der Waals surface area (Å²) in [5, 5.41) is 5.84. The number of ether oxygens (including phenoxy) is 2. The number of anilines is 1. The molecule has 2 heterocycles. The Morgan fingerprint density at radius 2 is 1.70 bits per heavy atom. The number of nitrogens with one attached hydrogen (secondary N) is 2. The van der Waals surface area contributed by atoms with Crippen molar-refractivity contribution in [2.45, 2.75) is 65.2 Å². The number of hydrogen-bond acceptors (Lipinski definition) is 6. The number of amides is 2. The second kappa shape index (κ2) is 12.9. The van der Waals surface area contributed by atoms with Crippen LogP contribution in [0.3, 0.4) is 0 Å². The van der Waals surface area contributed by atoms with Gasteiger partial charge in [0.05, 0.1) is 12.6 Å². The van der Waals surface area contributed by atoms with Gasteiger partial charge in [0.25, 0.3) is 0 Å². The summed E-state index contributed by atoms with van der Waals surface area (Å²) >= 11 is 1.63. The molecule has 1 unspecified atom stereocenters. The summed E-state index contributed by atoms with van der Waals surface area (Å²) in [5.74, 6) is 1.19. The number of carbonyl (C=O) groups is 3. The number of hydrogen-bond donors (Lipinski definition) is 2. The van der Waals surface area contributed by atoms with Gasteiger partial charge in [-0.15, -0.1) is 0 Å². The van der Waals surface area contributed by atoms with Gasteiger partial charge in [0.2, 0.25) is 11.8 Å². The second-order valence-corrected chi connectivity index (χ2v) is 12.9. The molecule has 5 rings (SSSR count). The topological polar surface area (TPSA) is 93.7 Å². The van der Waals surface area contributed by atoms with E-state index in [0.29, 0.717) is 30.9 Å². The Morgan fingerprint density at radius 3 is 2.42 bits per heavy atom. The van der Waals surface area contributed by atoms with E-state index in [-0.39, 0.29) is 29.9 Å². The van der Waals surface area contributed by atoms with Crippen LogP contribution in [0.1, 0.15) is 67.9 Å². The fourth-order valence-electron chi connectivity index (χ4n) is 6.15. The molecule has 0 bridgehead atoms. The standard InChI is InChI=1S/C35H40N2O5S/c1-21(2)16-30(36-23(4)38)31(39)18-24(14-15-43-5)34(40)37-26-11-13-29-33(19-26)42-32-17-22(3)10-12-28(32)35(29)27-9-7-6-8-25(27)20-41-35/h6-13,17,19,21,24,30H,14-16,18,20H2,1-5H3,(H,36,38)(H,37,40)/t24-,30+,35?/m1/s1. The van der Waals surface area contributed by atoms with Gasteiger partial charge in [-0.3, -0.25) is 14.4 Å². The van der Waals surface area contributed by atoms with Crippen LogP contribution in [0.25, 0.3) is 0 Å². The van der Waals surface area contributed by atoms with Gasteiger partial charge in [-0.25, -0.2) is 0 Å². The van der Waals surface area contributed by atoms with Crippen molar-refractivity contribution in [3.05, 3.63) is 88.5 Å². The maximum Gasteiger partial charge on any atom is 0.227 e. The summed E-state index contributed by atoms with van der Waals surface area (Å²) in [5.41, 5.74) is 4.92. The van der Waals surface area contributed by atoms with Gasteiger partial charge in [0.15, 0.2) is 11.4 Å². The molecule has 2 N–H and O–H groups in total. The van der Waals surface area contributed by atoms with E-state index in [9.17, 15) is 14.4 Å². The van der Waals surface area contributed by atoms with Crippen molar-refractivity contribution < 1.29 is 23.9 Å². The Bertz CT molecular complexity index is 1540. The van der Waals surface area contributed by atoms with Crippen LogP contribution in [0.15, 0.2) is 60.7 Å². The fraction of sp³-hybridized carbons (Fsp3) is 0.400. The maximum absolute atomic E-state index is 13.6. The van der Waals surface area contributed by atoms with Gasteiger partial charge < -0.3 is 20.1 Å². The first-order valence-electron chi connectivity index (χ1n) is 14.9. The molecule has 0 saturated heterocycles. The van der Waals surface area contributed by atoms with Gasteiger partial charge in [-0.2, -0.15) is 11.8 Å². The number of fused-ring (bicyclic) bond motifs is 6. The molecule has 3 aromatic rings. The first kappa shape index (κ1) is 30.8. The SMILES string of the molecule is CSCC[C@H](CC(=O)[C@H](CC(C)C)NC(C)=O)C(=O)Nc1ccc2c(c1)Oc1cc(C)ccc1C21OCc2ccccc21. The van der Waals surface area contributed by atoms with Crippen molar-refractivity contribution in [2.75, 3.05) is 17.3 Å². The van der Waals surface area contributed by atoms with E-state index in [2.05, 4.69) is 34.9 Å². The minimum absolute atomic E-state index is 0.0614. The molecule has 226 valence electrons. The average Bonchev–Trinajstić information content (AvgIpc) is 3.34. The van der Waals surface area contributed by atoms with Crippen LogP contribution in [-0.4, -0.2) is 35.6 Å². The van der Waals surface area contributed by atoms with Crippen LogP contribution >= 0.6 is 11.8 Å². The third kappa shape index (κ3) is 6.36. The summed E-state index contributed by atoms with van der Waals surface area (Å²) in [6.45, 7) is 7.95. The highest BCUT2D eigenvalue weighted by Gasteiger charge is 2.49. The van der Waals surface area contributed by atoms with Crippen molar-refractivity contribution >= 4 is 35.0 Å². The van der Waals surface area contributed by atoms with E-state index < -0.39 is 17.6 Å². The lowest BCUT2D eigenvalue weighted by Gasteiger charge is -2.37. The van der Waals surface area contributed by atoms with Crippen molar-refractivity contribution in [2.24, 2.45) is 11.8 Å². The summed E-state index contributed by atoms with van der Waals surface area (Å²) < 4.78 is 13.1. The summed E-state index contributed by atoms with van der Waals surface area (Å²) in [6.07, 6.45) is 3.13. The molecular weight excluding hydrogens is 560 g/mol. The van der Waals surface area contributed by atoms with Crippen LogP contribution in [0, 0.1) is 18.8 Å². The third-order valence-electron chi connectivity index (χ3n) is 8.17. The van der Waals surface area contributed by atoms with E-state index in [0.717, 1.165) is 39.3 Å². The number of benzene rings is 3. The molecule has 3 atom stereocenters. The Hall–Kier alpha value is -3.62. The molecule has 0 aromatic heterocycles. The summed E-state index contributed by atoms with van der Waals surface area (Å²) in [7, 11) is 0. The number of ketones is 1. The zero-order valence-electron chi connectivity index (χ0n) is 25.5. The quantitative estimate of drug-likeness (QED) is 0.253. The first-order valence-corrected chi connectivity index (χ1v) is 16.3. The molecule has 2 aliphatic rings. The predicted octanol–water partition coefficient (Wildman–Crippen LogP) is 6.74. The molecule has 43 heavy (non-hydrogen) atoms. The zero-order chi connectivity index (χ0) is 30.7. The molecule has 2 aliphatic heterocycles. The zero-order valence-corrected chi connectivity index (χ0v) is 26.3.